The minimum absolute atomic E-state index is 0.516. The minimum Gasteiger partial charge on any atom is -0.383 e. The Morgan fingerprint density at radius 3 is 3.11 bits per heavy atom. The molecule has 2 aromatic rings. The highest BCUT2D eigenvalue weighted by Gasteiger charge is 2.21. The highest BCUT2D eigenvalue weighted by molar-refractivity contribution is 7.99. The summed E-state index contributed by atoms with van der Waals surface area (Å²) >= 11 is 2.01. The van der Waals surface area contributed by atoms with E-state index in [1.54, 1.807) is 10.9 Å². The zero-order valence-electron chi connectivity index (χ0n) is 11.2. The number of nitrogen functional groups attached to an aromatic ring is 1. The van der Waals surface area contributed by atoms with Crippen molar-refractivity contribution in [3.63, 3.8) is 0 Å². The molecule has 3 rings (SSSR count). The molecule has 7 heteroatoms. The third kappa shape index (κ3) is 2.40. The highest BCUT2D eigenvalue weighted by Crippen LogP contribution is 2.23. The van der Waals surface area contributed by atoms with E-state index < -0.39 is 0 Å². The zero-order chi connectivity index (χ0) is 13.4. The third-order valence-electron chi connectivity index (χ3n) is 3.59. The lowest BCUT2D eigenvalue weighted by atomic mass is 10.2. The molecular weight excluding hydrogens is 260 g/mol. The van der Waals surface area contributed by atoms with Crippen LogP contribution in [0, 0.1) is 0 Å². The molecular formula is C12H18N6S. The minimum atomic E-state index is 0.516. The van der Waals surface area contributed by atoms with Crippen LogP contribution < -0.4 is 5.73 Å². The van der Waals surface area contributed by atoms with Gasteiger partial charge in [0.15, 0.2) is 5.65 Å². The van der Waals surface area contributed by atoms with E-state index in [9.17, 15) is 0 Å². The van der Waals surface area contributed by atoms with Gasteiger partial charge in [-0.05, 0) is 19.2 Å². The Kier molecular flexibility index (Phi) is 3.32. The molecule has 0 radical (unpaired) electrons. The molecule has 1 unspecified atom stereocenters. The number of rotatable bonds is 3. The molecule has 102 valence electrons. The predicted octanol–water partition coefficient (Wildman–Crippen LogP) is 0.883. The quantitative estimate of drug-likeness (QED) is 0.898. The average Bonchev–Trinajstić information content (AvgIpc) is 3.00. The van der Waals surface area contributed by atoms with E-state index in [1.807, 2.05) is 18.8 Å². The molecule has 1 fully saturated rings. The van der Waals surface area contributed by atoms with Gasteiger partial charge < -0.3 is 5.73 Å². The lowest BCUT2D eigenvalue weighted by Crippen LogP contribution is -2.31. The van der Waals surface area contributed by atoms with E-state index >= 15 is 0 Å². The number of nitrogens with two attached hydrogens (primary N) is 1. The number of nitrogens with zero attached hydrogens (tertiary/aromatic N) is 5. The second-order valence-electron chi connectivity index (χ2n) is 4.96. The number of fused-ring (bicyclic) bond motifs is 1. The smallest absolute Gasteiger partial charge is 0.163 e. The Morgan fingerprint density at radius 1 is 1.53 bits per heavy atom. The largest absolute Gasteiger partial charge is 0.383 e. The fraction of sp³-hybridized carbons (Fsp3) is 0.583. The van der Waals surface area contributed by atoms with Crippen molar-refractivity contribution in [3.05, 3.63) is 12.0 Å². The van der Waals surface area contributed by atoms with Gasteiger partial charge in [-0.15, -0.1) is 0 Å². The van der Waals surface area contributed by atoms with Crippen LogP contribution in [0.25, 0.3) is 11.0 Å². The van der Waals surface area contributed by atoms with Crippen LogP contribution in [0.1, 0.15) is 12.2 Å². The SMILES string of the molecule is CN(Cc1nc(N)c2cnn(C)c2n1)C1CCSC1. The van der Waals surface area contributed by atoms with Crippen molar-refractivity contribution in [1.82, 2.24) is 24.6 Å². The van der Waals surface area contributed by atoms with Crippen LogP contribution in [-0.4, -0.2) is 49.2 Å². The maximum Gasteiger partial charge on any atom is 0.163 e. The van der Waals surface area contributed by atoms with Crippen LogP contribution in [0.3, 0.4) is 0 Å². The van der Waals surface area contributed by atoms with Gasteiger partial charge in [-0.2, -0.15) is 16.9 Å². The van der Waals surface area contributed by atoms with Crippen molar-refractivity contribution in [1.29, 1.82) is 0 Å². The van der Waals surface area contributed by atoms with Crippen molar-refractivity contribution in [2.75, 3.05) is 24.3 Å². The molecule has 0 bridgehead atoms. The van der Waals surface area contributed by atoms with Crippen LogP contribution in [0.2, 0.25) is 0 Å². The summed E-state index contributed by atoms with van der Waals surface area (Å²) in [5.74, 6) is 3.73. The lowest BCUT2D eigenvalue weighted by Gasteiger charge is -2.22. The molecule has 0 aliphatic carbocycles. The number of anilines is 1. The first-order chi connectivity index (χ1) is 9.15. The molecule has 0 spiro atoms. The van der Waals surface area contributed by atoms with E-state index in [-0.39, 0.29) is 0 Å². The van der Waals surface area contributed by atoms with Crippen LogP contribution in [0.4, 0.5) is 5.82 Å². The van der Waals surface area contributed by atoms with Gasteiger partial charge in [0.25, 0.3) is 0 Å². The summed E-state index contributed by atoms with van der Waals surface area (Å²) in [4.78, 5) is 11.3. The first-order valence-corrected chi connectivity index (χ1v) is 7.52. The van der Waals surface area contributed by atoms with E-state index in [0.717, 1.165) is 23.4 Å². The fourth-order valence-electron chi connectivity index (χ4n) is 2.38. The monoisotopic (exact) mass is 278 g/mol. The van der Waals surface area contributed by atoms with Crippen LogP contribution in [-0.2, 0) is 13.6 Å². The van der Waals surface area contributed by atoms with Crippen LogP contribution in [0.15, 0.2) is 6.20 Å². The summed E-state index contributed by atoms with van der Waals surface area (Å²) in [6, 6.07) is 0.622. The fourth-order valence-corrected chi connectivity index (χ4v) is 3.68. The first-order valence-electron chi connectivity index (χ1n) is 6.37. The van der Waals surface area contributed by atoms with Crippen LogP contribution in [0.5, 0.6) is 0 Å². The number of hydrogen-bond acceptors (Lipinski definition) is 6. The normalized spacial score (nSPS) is 19.6. The van der Waals surface area contributed by atoms with E-state index in [0.29, 0.717) is 11.9 Å². The maximum absolute atomic E-state index is 5.97. The number of thioether (sulfide) groups is 1. The van der Waals surface area contributed by atoms with Crippen molar-refractivity contribution >= 4 is 28.6 Å². The van der Waals surface area contributed by atoms with Gasteiger partial charge >= 0.3 is 0 Å². The summed E-state index contributed by atoms with van der Waals surface area (Å²) in [5, 5.41) is 5.00. The topological polar surface area (TPSA) is 72.9 Å². The molecule has 1 atom stereocenters. The summed E-state index contributed by atoms with van der Waals surface area (Å²) in [7, 11) is 4.00. The molecule has 2 N–H and O–H groups in total. The summed E-state index contributed by atoms with van der Waals surface area (Å²) < 4.78 is 1.74. The standard InChI is InChI=1S/C12H18N6S/c1-17(8-3-4-19-7-8)6-10-15-11(13)9-5-14-18(2)12(9)16-10/h5,8H,3-4,6-7H2,1-2H3,(H2,13,15,16). The molecule has 3 heterocycles. The molecule has 1 aliphatic rings. The first kappa shape index (κ1) is 12.7. The van der Waals surface area contributed by atoms with Gasteiger partial charge in [-0.1, -0.05) is 0 Å². The number of aryl methyl sites for hydroxylation is 1. The molecule has 6 nitrogen and oxygen atoms in total. The van der Waals surface area contributed by atoms with Crippen LogP contribution >= 0.6 is 11.8 Å². The Labute approximate surface area is 116 Å². The number of aromatic nitrogens is 4. The average molecular weight is 278 g/mol. The van der Waals surface area contributed by atoms with Gasteiger partial charge in [0.2, 0.25) is 0 Å². The van der Waals surface area contributed by atoms with Crippen molar-refractivity contribution in [2.45, 2.75) is 19.0 Å². The van der Waals surface area contributed by atoms with E-state index in [4.69, 9.17) is 5.73 Å². The van der Waals surface area contributed by atoms with E-state index in [2.05, 4.69) is 27.0 Å². The van der Waals surface area contributed by atoms with Gasteiger partial charge in [0.05, 0.1) is 18.1 Å². The van der Waals surface area contributed by atoms with Crippen molar-refractivity contribution in [3.8, 4) is 0 Å². The van der Waals surface area contributed by atoms with Gasteiger partial charge in [-0.25, -0.2) is 9.97 Å². The Bertz CT molecular complexity index is 589. The van der Waals surface area contributed by atoms with Gasteiger partial charge in [0.1, 0.15) is 11.6 Å². The Morgan fingerprint density at radius 2 is 2.37 bits per heavy atom. The molecule has 0 amide bonds. The molecule has 0 saturated carbocycles. The summed E-state index contributed by atoms with van der Waals surface area (Å²) in [5.41, 5.74) is 6.77. The summed E-state index contributed by atoms with van der Waals surface area (Å²) in [6.45, 7) is 0.733. The predicted molar refractivity (Wildman–Crippen MR) is 77.9 cm³/mol. The molecule has 1 aliphatic heterocycles. The molecule has 1 saturated heterocycles. The van der Waals surface area contributed by atoms with Gasteiger partial charge in [0, 0.05) is 18.8 Å². The van der Waals surface area contributed by atoms with Gasteiger partial charge in [-0.3, -0.25) is 9.58 Å². The Balaban J connectivity index is 1.86. The second-order valence-corrected chi connectivity index (χ2v) is 6.11. The highest BCUT2D eigenvalue weighted by atomic mass is 32.2. The van der Waals surface area contributed by atoms with Crippen molar-refractivity contribution < 1.29 is 0 Å². The maximum atomic E-state index is 5.97. The molecule has 19 heavy (non-hydrogen) atoms. The van der Waals surface area contributed by atoms with E-state index in [1.165, 1.54) is 17.9 Å². The molecule has 2 aromatic heterocycles. The Hall–Kier alpha value is -1.34. The second kappa shape index (κ2) is 4.97. The third-order valence-corrected chi connectivity index (χ3v) is 4.73. The number of hydrogen-bond donors (Lipinski definition) is 1. The summed E-state index contributed by atoms with van der Waals surface area (Å²) in [6.07, 6.45) is 2.95. The lowest BCUT2D eigenvalue weighted by molar-refractivity contribution is 0.248. The zero-order valence-corrected chi connectivity index (χ0v) is 12.0. The van der Waals surface area contributed by atoms with Crippen molar-refractivity contribution in [2.24, 2.45) is 7.05 Å². The molecule has 0 aromatic carbocycles.